The van der Waals surface area contributed by atoms with Crippen molar-refractivity contribution in [2.24, 2.45) is 0 Å². The summed E-state index contributed by atoms with van der Waals surface area (Å²) in [7, 11) is 0. The highest BCUT2D eigenvalue weighted by Gasteiger charge is 2.16. The van der Waals surface area contributed by atoms with Crippen LogP contribution in [0.3, 0.4) is 0 Å². The van der Waals surface area contributed by atoms with Gasteiger partial charge in [0, 0.05) is 18.1 Å². The molecule has 0 saturated carbocycles. The SMILES string of the molecule is O=C(CSc1nncn1-c1cccc(Cl)c1)Nc1ccccc1N1CCCCC1. The van der Waals surface area contributed by atoms with E-state index >= 15 is 0 Å². The molecule has 1 amide bonds. The van der Waals surface area contributed by atoms with Crippen LogP contribution in [0.2, 0.25) is 5.02 Å². The Morgan fingerprint density at radius 3 is 2.76 bits per heavy atom. The molecule has 0 unspecified atom stereocenters. The standard InChI is InChI=1S/C21H22ClN5OS/c22-16-7-6-8-17(13-16)27-15-23-25-21(27)29-14-20(28)24-18-9-2-3-10-19(18)26-11-4-1-5-12-26/h2-3,6-10,13,15H,1,4-5,11-12,14H2,(H,24,28). The average molecular weight is 428 g/mol. The molecule has 1 aliphatic rings. The molecule has 0 aliphatic carbocycles. The zero-order valence-corrected chi connectivity index (χ0v) is 17.5. The van der Waals surface area contributed by atoms with Gasteiger partial charge in [-0.1, -0.05) is 41.6 Å². The fraction of sp³-hybridized carbons (Fsp3) is 0.286. The second-order valence-corrected chi connectivity index (χ2v) is 8.24. The topological polar surface area (TPSA) is 63.1 Å². The zero-order valence-electron chi connectivity index (χ0n) is 15.9. The first-order valence-electron chi connectivity index (χ1n) is 9.63. The van der Waals surface area contributed by atoms with Crippen LogP contribution in [0.15, 0.2) is 60.0 Å². The summed E-state index contributed by atoms with van der Waals surface area (Å²) in [5.41, 5.74) is 2.81. The number of rotatable bonds is 6. The summed E-state index contributed by atoms with van der Waals surface area (Å²) in [4.78, 5) is 15.0. The van der Waals surface area contributed by atoms with Gasteiger partial charge in [0.2, 0.25) is 5.91 Å². The van der Waals surface area contributed by atoms with Gasteiger partial charge in [0.1, 0.15) is 6.33 Å². The van der Waals surface area contributed by atoms with E-state index in [9.17, 15) is 4.79 Å². The second-order valence-electron chi connectivity index (χ2n) is 6.87. The van der Waals surface area contributed by atoms with E-state index in [2.05, 4.69) is 26.5 Å². The number of para-hydroxylation sites is 2. The summed E-state index contributed by atoms with van der Waals surface area (Å²) in [5.74, 6) is 0.174. The number of nitrogens with one attached hydrogen (secondary N) is 1. The maximum Gasteiger partial charge on any atom is 0.234 e. The van der Waals surface area contributed by atoms with Gasteiger partial charge in [-0.3, -0.25) is 9.36 Å². The number of nitrogens with zero attached hydrogens (tertiary/aromatic N) is 4. The third kappa shape index (κ3) is 4.92. The highest BCUT2D eigenvalue weighted by molar-refractivity contribution is 7.99. The number of thioether (sulfide) groups is 1. The van der Waals surface area contributed by atoms with Crippen LogP contribution in [0.5, 0.6) is 0 Å². The molecular weight excluding hydrogens is 406 g/mol. The van der Waals surface area contributed by atoms with Gasteiger partial charge in [0.05, 0.1) is 22.8 Å². The maximum absolute atomic E-state index is 12.6. The Hall–Kier alpha value is -2.51. The van der Waals surface area contributed by atoms with Crippen molar-refractivity contribution in [3.8, 4) is 5.69 Å². The van der Waals surface area contributed by atoms with Crippen LogP contribution in [0.4, 0.5) is 11.4 Å². The Kier molecular flexibility index (Phi) is 6.36. The van der Waals surface area contributed by atoms with Crippen molar-refractivity contribution in [3.05, 3.63) is 59.9 Å². The number of piperidine rings is 1. The van der Waals surface area contributed by atoms with E-state index in [4.69, 9.17) is 11.6 Å². The largest absolute Gasteiger partial charge is 0.370 e. The van der Waals surface area contributed by atoms with E-state index in [-0.39, 0.29) is 11.7 Å². The van der Waals surface area contributed by atoms with Gasteiger partial charge in [0.15, 0.2) is 5.16 Å². The first-order valence-corrected chi connectivity index (χ1v) is 11.0. The molecule has 2 aromatic carbocycles. The van der Waals surface area contributed by atoms with E-state index in [1.807, 2.05) is 47.0 Å². The lowest BCUT2D eigenvalue weighted by Crippen LogP contribution is -2.30. The third-order valence-electron chi connectivity index (χ3n) is 4.81. The van der Waals surface area contributed by atoms with Gasteiger partial charge in [-0.05, 0) is 49.6 Å². The number of carbonyl (C=O) groups is 1. The lowest BCUT2D eigenvalue weighted by Gasteiger charge is -2.30. The van der Waals surface area contributed by atoms with Crippen molar-refractivity contribution < 1.29 is 4.79 Å². The highest BCUT2D eigenvalue weighted by atomic mass is 35.5. The van der Waals surface area contributed by atoms with Crippen molar-refractivity contribution in [1.82, 2.24) is 14.8 Å². The van der Waals surface area contributed by atoms with Gasteiger partial charge < -0.3 is 10.2 Å². The van der Waals surface area contributed by atoms with Crippen LogP contribution in [-0.2, 0) is 4.79 Å². The monoisotopic (exact) mass is 427 g/mol. The molecule has 1 aromatic heterocycles. The van der Waals surface area contributed by atoms with Gasteiger partial charge in [-0.2, -0.15) is 0 Å². The van der Waals surface area contributed by atoms with E-state index in [0.29, 0.717) is 10.2 Å². The van der Waals surface area contributed by atoms with Crippen molar-refractivity contribution in [2.45, 2.75) is 24.4 Å². The fourth-order valence-electron chi connectivity index (χ4n) is 3.43. The minimum atomic E-state index is -0.0693. The molecule has 0 atom stereocenters. The Morgan fingerprint density at radius 2 is 1.93 bits per heavy atom. The van der Waals surface area contributed by atoms with E-state index in [1.54, 1.807) is 6.33 Å². The number of carbonyl (C=O) groups excluding carboxylic acids is 1. The number of amides is 1. The minimum absolute atomic E-state index is 0.0693. The molecule has 29 heavy (non-hydrogen) atoms. The number of halogens is 1. The molecule has 0 spiro atoms. The molecule has 1 N–H and O–H groups in total. The first kappa shape index (κ1) is 19.8. The average Bonchev–Trinajstić information content (AvgIpc) is 3.22. The highest BCUT2D eigenvalue weighted by Crippen LogP contribution is 2.29. The molecule has 8 heteroatoms. The summed E-state index contributed by atoms with van der Waals surface area (Å²) in [6.45, 7) is 2.06. The molecule has 2 heterocycles. The normalized spacial score (nSPS) is 14.0. The fourth-order valence-corrected chi connectivity index (χ4v) is 4.35. The molecule has 0 radical (unpaired) electrons. The molecule has 1 saturated heterocycles. The summed E-state index contributed by atoms with van der Waals surface area (Å²) in [5, 5.41) is 12.5. The maximum atomic E-state index is 12.6. The van der Waals surface area contributed by atoms with Crippen LogP contribution in [0.1, 0.15) is 19.3 Å². The Bertz CT molecular complexity index is 986. The second kappa shape index (κ2) is 9.33. The molecule has 0 bridgehead atoms. The van der Waals surface area contributed by atoms with Crippen molar-refractivity contribution in [3.63, 3.8) is 0 Å². The van der Waals surface area contributed by atoms with Crippen LogP contribution < -0.4 is 10.2 Å². The van der Waals surface area contributed by atoms with Crippen LogP contribution in [-0.4, -0.2) is 39.5 Å². The molecule has 6 nitrogen and oxygen atoms in total. The Labute approximate surface area is 179 Å². The molecule has 1 fully saturated rings. The van der Waals surface area contributed by atoms with E-state index in [1.165, 1.54) is 31.0 Å². The molecular formula is C21H22ClN5OS. The smallest absolute Gasteiger partial charge is 0.234 e. The summed E-state index contributed by atoms with van der Waals surface area (Å²) in [6.07, 6.45) is 5.28. The van der Waals surface area contributed by atoms with E-state index in [0.717, 1.165) is 30.2 Å². The predicted molar refractivity (Wildman–Crippen MR) is 118 cm³/mol. The van der Waals surface area contributed by atoms with Crippen molar-refractivity contribution in [1.29, 1.82) is 0 Å². The van der Waals surface area contributed by atoms with Gasteiger partial charge >= 0.3 is 0 Å². The number of benzene rings is 2. The number of aromatic nitrogens is 3. The van der Waals surface area contributed by atoms with Gasteiger partial charge in [-0.25, -0.2) is 0 Å². The molecule has 1 aliphatic heterocycles. The molecule has 3 aromatic rings. The lowest BCUT2D eigenvalue weighted by molar-refractivity contribution is -0.113. The Balaban J connectivity index is 1.41. The molecule has 150 valence electrons. The summed E-state index contributed by atoms with van der Waals surface area (Å²) in [6, 6.07) is 15.4. The third-order valence-corrected chi connectivity index (χ3v) is 5.99. The van der Waals surface area contributed by atoms with Crippen LogP contribution in [0.25, 0.3) is 5.69 Å². The quantitative estimate of drug-likeness (QED) is 0.580. The Morgan fingerprint density at radius 1 is 1.10 bits per heavy atom. The van der Waals surface area contributed by atoms with E-state index < -0.39 is 0 Å². The number of hydrogen-bond donors (Lipinski definition) is 1. The minimum Gasteiger partial charge on any atom is -0.370 e. The van der Waals surface area contributed by atoms with Crippen molar-refractivity contribution >= 4 is 40.6 Å². The zero-order chi connectivity index (χ0) is 20.1. The molecule has 4 rings (SSSR count). The lowest BCUT2D eigenvalue weighted by atomic mass is 10.1. The first-order chi connectivity index (χ1) is 14.2. The van der Waals surface area contributed by atoms with Gasteiger partial charge in [-0.15, -0.1) is 10.2 Å². The van der Waals surface area contributed by atoms with Crippen LogP contribution in [0, 0.1) is 0 Å². The summed E-state index contributed by atoms with van der Waals surface area (Å²) >= 11 is 7.43. The number of anilines is 2. The number of hydrogen-bond acceptors (Lipinski definition) is 5. The van der Waals surface area contributed by atoms with Crippen molar-refractivity contribution in [2.75, 3.05) is 29.1 Å². The predicted octanol–water partition coefficient (Wildman–Crippen LogP) is 4.64. The summed E-state index contributed by atoms with van der Waals surface area (Å²) < 4.78 is 1.82. The van der Waals surface area contributed by atoms with Gasteiger partial charge in [0.25, 0.3) is 0 Å². The van der Waals surface area contributed by atoms with Crippen LogP contribution >= 0.6 is 23.4 Å².